The normalized spacial score (nSPS) is 22.3. The predicted octanol–water partition coefficient (Wildman–Crippen LogP) is 4.76. The zero-order valence-electron chi connectivity index (χ0n) is 22.1. The molecule has 0 radical (unpaired) electrons. The minimum atomic E-state index is -0.900. The van der Waals surface area contributed by atoms with E-state index in [9.17, 15) is 35.0 Å². The van der Waals surface area contributed by atoms with Gasteiger partial charge in [0.25, 0.3) is 5.69 Å². The van der Waals surface area contributed by atoms with Gasteiger partial charge >= 0.3 is 0 Å². The molecule has 1 saturated heterocycles. The minimum Gasteiger partial charge on any atom is -0.508 e. The Morgan fingerprint density at radius 1 is 1.18 bits per heavy atom. The van der Waals surface area contributed by atoms with E-state index in [-0.39, 0.29) is 17.1 Å². The SMILES string of the molecule is CCCC1=C([C@H](O)CC/C(C)=C/c2ccc(O)cc2)[C@H](CO)[C@@H]2C(=O)N(c3cccc([N+](=O)[O-])c3)C(=O)[C@@H]2C1. The van der Waals surface area contributed by atoms with Crippen LogP contribution in [0.4, 0.5) is 11.4 Å². The minimum absolute atomic E-state index is 0.138. The summed E-state index contributed by atoms with van der Waals surface area (Å²) in [5, 5.41) is 42.6. The fourth-order valence-corrected chi connectivity index (χ4v) is 5.95. The summed E-state index contributed by atoms with van der Waals surface area (Å²) in [5.74, 6) is -3.01. The molecule has 4 atom stereocenters. The van der Waals surface area contributed by atoms with Gasteiger partial charge < -0.3 is 15.3 Å². The lowest BCUT2D eigenvalue weighted by Gasteiger charge is -2.36. The first kappa shape index (κ1) is 28.2. The number of rotatable bonds is 10. The van der Waals surface area contributed by atoms with Crippen LogP contribution in [-0.4, -0.2) is 44.8 Å². The van der Waals surface area contributed by atoms with Crippen molar-refractivity contribution in [3.63, 3.8) is 0 Å². The number of carbonyl (C=O) groups is 2. The van der Waals surface area contributed by atoms with Crippen LogP contribution in [0.15, 0.2) is 65.3 Å². The molecular weight excluding hydrogens is 500 g/mol. The summed E-state index contributed by atoms with van der Waals surface area (Å²) in [5.41, 5.74) is 3.40. The summed E-state index contributed by atoms with van der Waals surface area (Å²) in [4.78, 5) is 38.8. The molecule has 4 rings (SSSR count). The number of nitrogens with zero attached hydrogens (tertiary/aromatic N) is 2. The number of fused-ring (bicyclic) bond motifs is 1. The number of phenolic OH excluding ortho intramolecular Hbond substituents is 1. The summed E-state index contributed by atoms with van der Waals surface area (Å²) >= 11 is 0. The molecule has 206 valence electrons. The molecule has 3 N–H and O–H groups in total. The number of non-ortho nitro benzene ring substituents is 1. The van der Waals surface area contributed by atoms with Gasteiger partial charge in [-0.1, -0.05) is 48.8 Å². The zero-order valence-corrected chi connectivity index (χ0v) is 22.1. The van der Waals surface area contributed by atoms with Crippen LogP contribution >= 0.6 is 0 Å². The molecule has 0 bridgehead atoms. The molecule has 2 aromatic rings. The number of aromatic hydroxyl groups is 1. The van der Waals surface area contributed by atoms with Crippen LogP contribution in [-0.2, 0) is 9.59 Å². The van der Waals surface area contributed by atoms with Crippen LogP contribution in [0.25, 0.3) is 6.08 Å². The summed E-state index contributed by atoms with van der Waals surface area (Å²) in [7, 11) is 0. The maximum atomic E-state index is 13.6. The molecule has 1 aliphatic carbocycles. The summed E-state index contributed by atoms with van der Waals surface area (Å²) < 4.78 is 0. The maximum absolute atomic E-state index is 13.6. The number of anilines is 1. The van der Waals surface area contributed by atoms with Gasteiger partial charge in [0, 0.05) is 18.1 Å². The molecule has 2 aliphatic rings. The van der Waals surface area contributed by atoms with Crippen molar-refractivity contribution in [1.82, 2.24) is 0 Å². The number of hydrogen-bond donors (Lipinski definition) is 3. The van der Waals surface area contributed by atoms with Crippen molar-refractivity contribution in [2.24, 2.45) is 17.8 Å². The van der Waals surface area contributed by atoms with Crippen molar-refractivity contribution in [3.8, 4) is 5.75 Å². The van der Waals surface area contributed by atoms with Crippen LogP contribution in [0.3, 0.4) is 0 Å². The second-order valence-corrected chi connectivity index (χ2v) is 10.4. The molecule has 1 heterocycles. The van der Waals surface area contributed by atoms with Crippen LogP contribution < -0.4 is 4.90 Å². The van der Waals surface area contributed by atoms with Crippen molar-refractivity contribution in [2.75, 3.05) is 11.5 Å². The molecule has 0 saturated carbocycles. The first-order valence-corrected chi connectivity index (χ1v) is 13.2. The standard InChI is InChI=1S/C30H34N2O7/c1-3-5-20-15-24-28(30(37)31(29(24)36)21-6-4-7-22(16-21)32(38)39)25(17-33)27(20)26(35)13-8-18(2)14-19-9-11-23(34)12-10-19/h4,6-7,9-12,14,16,24-26,28,33-35H,3,5,8,13,15,17H2,1-2H3/b18-14+/t24-,25+,26-,28-/m1/s1. The molecule has 0 aromatic heterocycles. The molecule has 2 aromatic carbocycles. The number of amides is 2. The third kappa shape index (κ3) is 5.79. The molecule has 1 aliphatic heterocycles. The van der Waals surface area contributed by atoms with Gasteiger partial charge in [0.15, 0.2) is 0 Å². The lowest BCUT2D eigenvalue weighted by molar-refractivity contribution is -0.384. The second-order valence-electron chi connectivity index (χ2n) is 10.4. The molecule has 9 heteroatoms. The van der Waals surface area contributed by atoms with Crippen LogP contribution in [0, 0.1) is 27.9 Å². The van der Waals surface area contributed by atoms with Crippen molar-refractivity contribution in [3.05, 3.63) is 80.9 Å². The monoisotopic (exact) mass is 534 g/mol. The van der Waals surface area contributed by atoms with Crippen LogP contribution in [0.2, 0.25) is 0 Å². The average molecular weight is 535 g/mol. The number of benzene rings is 2. The Morgan fingerprint density at radius 2 is 1.90 bits per heavy atom. The first-order chi connectivity index (χ1) is 18.7. The predicted molar refractivity (Wildman–Crippen MR) is 147 cm³/mol. The lowest BCUT2D eigenvalue weighted by atomic mass is 9.67. The van der Waals surface area contributed by atoms with E-state index in [1.165, 1.54) is 24.3 Å². The molecule has 0 spiro atoms. The number of nitro benzene ring substituents is 1. The van der Waals surface area contributed by atoms with Crippen molar-refractivity contribution in [2.45, 2.75) is 52.1 Å². The highest BCUT2D eigenvalue weighted by molar-refractivity contribution is 6.22. The van der Waals surface area contributed by atoms with Gasteiger partial charge in [-0.05, 0) is 61.9 Å². The highest BCUT2D eigenvalue weighted by atomic mass is 16.6. The quantitative estimate of drug-likeness (QED) is 0.173. The fourth-order valence-electron chi connectivity index (χ4n) is 5.95. The Hall–Kier alpha value is -3.82. The van der Waals surface area contributed by atoms with E-state index in [1.807, 2.05) is 19.9 Å². The second kappa shape index (κ2) is 11.9. The van der Waals surface area contributed by atoms with E-state index in [0.717, 1.165) is 28.0 Å². The van der Waals surface area contributed by atoms with Gasteiger partial charge in [0.2, 0.25) is 11.8 Å². The lowest BCUT2D eigenvalue weighted by Crippen LogP contribution is -2.39. The molecular formula is C30H34N2O7. The third-order valence-corrected chi connectivity index (χ3v) is 7.71. The van der Waals surface area contributed by atoms with Gasteiger partial charge in [-0.3, -0.25) is 19.7 Å². The third-order valence-electron chi connectivity index (χ3n) is 7.71. The number of imide groups is 1. The molecule has 1 fully saturated rings. The number of allylic oxidation sites excluding steroid dienone is 2. The fraction of sp³-hybridized carbons (Fsp3) is 0.400. The van der Waals surface area contributed by atoms with E-state index in [1.54, 1.807) is 24.3 Å². The van der Waals surface area contributed by atoms with E-state index >= 15 is 0 Å². The highest BCUT2D eigenvalue weighted by Gasteiger charge is 2.55. The van der Waals surface area contributed by atoms with Gasteiger partial charge in [0.1, 0.15) is 5.75 Å². The Kier molecular flexibility index (Phi) is 8.62. The first-order valence-electron chi connectivity index (χ1n) is 13.2. The van der Waals surface area contributed by atoms with Crippen molar-refractivity contribution in [1.29, 1.82) is 0 Å². The van der Waals surface area contributed by atoms with Crippen LogP contribution in [0.5, 0.6) is 5.75 Å². The molecule has 0 unspecified atom stereocenters. The molecule has 9 nitrogen and oxygen atoms in total. The Labute approximate surface area is 227 Å². The summed E-state index contributed by atoms with van der Waals surface area (Å²) in [6.45, 7) is 3.56. The van der Waals surface area contributed by atoms with Crippen LogP contribution in [0.1, 0.15) is 51.5 Å². The van der Waals surface area contributed by atoms with E-state index in [2.05, 4.69) is 0 Å². The van der Waals surface area contributed by atoms with Gasteiger partial charge in [0.05, 0.1) is 35.2 Å². The largest absolute Gasteiger partial charge is 0.508 e. The topological polar surface area (TPSA) is 141 Å². The summed E-state index contributed by atoms with van der Waals surface area (Å²) in [6, 6.07) is 12.3. The van der Waals surface area contributed by atoms with E-state index in [0.29, 0.717) is 31.3 Å². The average Bonchev–Trinajstić information content (AvgIpc) is 3.17. The number of aliphatic hydroxyl groups is 2. The Bertz CT molecular complexity index is 1310. The van der Waals surface area contributed by atoms with E-state index < -0.39 is 47.2 Å². The Morgan fingerprint density at radius 3 is 2.54 bits per heavy atom. The van der Waals surface area contributed by atoms with Crippen molar-refractivity contribution < 1.29 is 29.8 Å². The number of carbonyl (C=O) groups excluding carboxylic acids is 2. The zero-order chi connectivity index (χ0) is 28.3. The maximum Gasteiger partial charge on any atom is 0.271 e. The smallest absolute Gasteiger partial charge is 0.271 e. The Balaban J connectivity index is 1.60. The van der Waals surface area contributed by atoms with Gasteiger partial charge in [-0.15, -0.1) is 0 Å². The summed E-state index contributed by atoms with van der Waals surface area (Å²) in [6.07, 6.45) is 3.74. The van der Waals surface area contributed by atoms with Crippen molar-refractivity contribution >= 4 is 29.3 Å². The molecule has 2 amide bonds. The highest BCUT2D eigenvalue weighted by Crippen LogP contribution is 2.48. The van der Waals surface area contributed by atoms with Gasteiger partial charge in [-0.2, -0.15) is 0 Å². The van der Waals surface area contributed by atoms with Gasteiger partial charge in [-0.25, -0.2) is 4.90 Å². The number of hydrogen-bond acceptors (Lipinski definition) is 7. The number of nitro groups is 1. The van der Waals surface area contributed by atoms with E-state index in [4.69, 9.17) is 0 Å². The number of aliphatic hydroxyl groups excluding tert-OH is 2. The number of phenols is 1. The molecule has 39 heavy (non-hydrogen) atoms.